The number of anilines is 1. The van der Waals surface area contributed by atoms with E-state index in [1.54, 1.807) is 19.9 Å². The third-order valence-electron chi connectivity index (χ3n) is 10.0. The van der Waals surface area contributed by atoms with Gasteiger partial charge in [-0.05, 0) is 36.4 Å². The van der Waals surface area contributed by atoms with Gasteiger partial charge in [0, 0.05) is 30.5 Å². The number of imidazole rings is 1. The van der Waals surface area contributed by atoms with Gasteiger partial charge in [-0.15, -0.1) is 0 Å². The van der Waals surface area contributed by atoms with Crippen LogP contribution in [0.15, 0.2) is 29.7 Å². The van der Waals surface area contributed by atoms with Crippen LogP contribution in [0.25, 0.3) is 11.2 Å². The van der Waals surface area contributed by atoms with Gasteiger partial charge in [-0.2, -0.15) is 10.2 Å². The number of aromatic nitrogens is 6. The molecule has 4 N–H and O–H groups in total. The van der Waals surface area contributed by atoms with E-state index < -0.39 is 84.0 Å². The Bertz CT molecular complexity index is 2030. The number of aliphatic hydroxyl groups excluding tert-OH is 1. The van der Waals surface area contributed by atoms with Crippen LogP contribution in [-0.2, 0) is 48.4 Å². The summed E-state index contributed by atoms with van der Waals surface area (Å²) in [6.45, 7) is 8.83. The molecule has 0 spiro atoms. The number of rotatable bonds is 18. The van der Waals surface area contributed by atoms with Crippen LogP contribution in [0.2, 0.25) is 18.1 Å². The Morgan fingerprint density at radius 1 is 1.26 bits per heavy atom. The van der Waals surface area contributed by atoms with E-state index in [0.29, 0.717) is 12.3 Å². The molecule has 57 heavy (non-hydrogen) atoms. The van der Waals surface area contributed by atoms with Gasteiger partial charge in [0.05, 0.1) is 44.7 Å². The zero-order valence-corrected chi connectivity index (χ0v) is 36.4. The largest absolute Gasteiger partial charge is 0.474 e. The number of fused-ring (bicyclic) bond motifs is 1. The third kappa shape index (κ3) is 11.2. The van der Waals surface area contributed by atoms with Crippen molar-refractivity contribution in [2.24, 2.45) is 11.8 Å². The van der Waals surface area contributed by atoms with Crippen LogP contribution in [0, 0.1) is 23.2 Å². The van der Waals surface area contributed by atoms with Crippen LogP contribution < -0.4 is 15.6 Å². The lowest BCUT2D eigenvalue weighted by atomic mass is 10.1. The molecular formula is C33H50N8O12P2SSi. The molecule has 1 aliphatic heterocycles. The normalized spacial score (nSPS) is 25.7. The van der Waals surface area contributed by atoms with E-state index in [0.717, 1.165) is 0 Å². The van der Waals surface area contributed by atoms with E-state index in [2.05, 4.69) is 30.2 Å². The van der Waals surface area contributed by atoms with E-state index in [9.17, 15) is 29.4 Å². The van der Waals surface area contributed by atoms with Gasteiger partial charge in [-0.3, -0.25) is 33.5 Å². The number of H-pyrrole nitrogens is 1. The molecule has 1 saturated carbocycles. The topological polar surface area (TPSA) is 264 Å². The van der Waals surface area contributed by atoms with Crippen molar-refractivity contribution in [3.8, 4) is 11.9 Å². The first-order valence-electron chi connectivity index (χ1n) is 18.3. The number of nitriles is 1. The number of hydrogen-bond donors (Lipinski definition) is 4. The molecule has 20 nitrogen and oxygen atoms in total. The highest BCUT2D eigenvalue weighted by Gasteiger charge is 2.54. The summed E-state index contributed by atoms with van der Waals surface area (Å²) in [5, 5.41) is 22.4. The molecule has 1 saturated heterocycles. The van der Waals surface area contributed by atoms with E-state index >= 15 is 0 Å². The first kappa shape index (κ1) is 45.1. The standard InChI is InChI=1S/C33H50N8O12P2SSi/c1-19(2)29(43)39-32-38-28-25(30(44)40-32)37-18-41(28)31-27(26(23(15-42)50-31)53-57(6,7)33(3,4)5)52-55(56,47-12-8-10-34)48-16-20-13-21(14-22(20)51-54(45)46)49-24-9-11-35-17-36-24/h9,11,17-23,26-27,31,42,54H,8,12-16H2,1-7H3,(H,45,46)(H2,38,39,40,43,44)/t20-,21-,22+,23-,26?,27-,31-,55?/m1/s1. The molecule has 3 unspecified atom stereocenters. The molecule has 3 aromatic heterocycles. The molecule has 1 aliphatic carbocycles. The van der Waals surface area contributed by atoms with E-state index in [1.807, 2.05) is 39.9 Å². The molecule has 0 bridgehead atoms. The monoisotopic (exact) mass is 872 g/mol. The quantitative estimate of drug-likeness (QED) is 0.0800. The summed E-state index contributed by atoms with van der Waals surface area (Å²) in [4.78, 5) is 54.7. The Morgan fingerprint density at radius 2 is 2.02 bits per heavy atom. The molecule has 4 heterocycles. The van der Waals surface area contributed by atoms with Crippen LogP contribution in [0.5, 0.6) is 5.88 Å². The molecule has 1 amide bonds. The fourth-order valence-corrected chi connectivity index (χ4v) is 10.0. The maximum Gasteiger partial charge on any atom is 0.327 e. The number of aliphatic hydroxyl groups is 1. The minimum atomic E-state index is -3.90. The first-order chi connectivity index (χ1) is 26.8. The maximum absolute atomic E-state index is 13.2. The second-order valence-corrected chi connectivity index (χ2v) is 24.0. The van der Waals surface area contributed by atoms with Gasteiger partial charge in [-0.1, -0.05) is 34.6 Å². The van der Waals surface area contributed by atoms with Gasteiger partial charge in [0.1, 0.15) is 30.7 Å². The first-order valence-corrected chi connectivity index (χ1v) is 25.1. The molecule has 3 aromatic rings. The van der Waals surface area contributed by atoms with Crippen LogP contribution in [0.4, 0.5) is 5.95 Å². The summed E-state index contributed by atoms with van der Waals surface area (Å²) in [6.07, 6.45) is -0.857. The number of nitrogens with zero attached hydrogens (tertiary/aromatic N) is 6. The maximum atomic E-state index is 13.2. The van der Waals surface area contributed by atoms with Crippen molar-refractivity contribution in [2.45, 2.75) is 109 Å². The Labute approximate surface area is 336 Å². The Balaban J connectivity index is 1.52. The van der Waals surface area contributed by atoms with E-state index in [-0.39, 0.29) is 54.1 Å². The van der Waals surface area contributed by atoms with Gasteiger partial charge >= 0.3 is 15.0 Å². The summed E-state index contributed by atoms with van der Waals surface area (Å²) in [5.41, 5.74) is -0.667. The van der Waals surface area contributed by atoms with Crippen molar-refractivity contribution in [3.05, 3.63) is 35.3 Å². The smallest absolute Gasteiger partial charge is 0.327 e. The Kier molecular flexibility index (Phi) is 15.0. The number of nitrogens with one attached hydrogen (secondary N) is 2. The molecule has 9 atom stereocenters. The number of amides is 1. The number of aromatic amines is 1. The molecule has 0 radical (unpaired) electrons. The van der Waals surface area contributed by atoms with E-state index in [4.69, 9.17) is 43.8 Å². The Morgan fingerprint density at radius 3 is 2.65 bits per heavy atom. The van der Waals surface area contributed by atoms with Crippen molar-refractivity contribution in [2.75, 3.05) is 25.1 Å². The van der Waals surface area contributed by atoms with Crippen LogP contribution in [-0.4, -0.2) is 104 Å². The highest BCUT2D eigenvalue weighted by atomic mass is 32.5. The summed E-state index contributed by atoms with van der Waals surface area (Å²) < 4.78 is 57.1. The highest BCUT2D eigenvalue weighted by molar-refractivity contribution is 8.07. The average Bonchev–Trinajstić information content (AvgIpc) is 3.82. The number of carbonyl (C=O) groups excluding carboxylic acids is 1. The second-order valence-electron chi connectivity index (χ2n) is 15.5. The zero-order valence-electron chi connectivity index (χ0n) is 32.7. The third-order valence-corrected chi connectivity index (χ3v) is 17.4. The van der Waals surface area contributed by atoms with Crippen molar-refractivity contribution in [1.82, 2.24) is 29.5 Å². The van der Waals surface area contributed by atoms with Gasteiger partial charge in [0.15, 0.2) is 25.7 Å². The summed E-state index contributed by atoms with van der Waals surface area (Å²) in [6, 6.07) is 3.60. The number of ether oxygens (including phenoxy) is 2. The number of hydrogen-bond acceptors (Lipinski definition) is 17. The summed E-state index contributed by atoms with van der Waals surface area (Å²) >= 11 is 6.02. The molecular weight excluding hydrogens is 823 g/mol. The van der Waals surface area contributed by atoms with Gasteiger partial charge in [0.2, 0.25) is 17.7 Å². The minimum absolute atomic E-state index is 0.0283. The van der Waals surface area contributed by atoms with Crippen molar-refractivity contribution >= 4 is 58.1 Å². The highest BCUT2D eigenvalue weighted by Crippen LogP contribution is 2.56. The predicted octanol–water partition coefficient (Wildman–Crippen LogP) is 3.97. The lowest BCUT2D eigenvalue weighted by molar-refractivity contribution is -0.118. The predicted molar refractivity (Wildman–Crippen MR) is 211 cm³/mol. The molecule has 0 aromatic carbocycles. The fraction of sp³-hybridized carbons (Fsp3) is 0.667. The number of carbonyl (C=O) groups is 1. The molecule has 24 heteroatoms. The second kappa shape index (κ2) is 18.9. The average molecular weight is 873 g/mol. The van der Waals surface area contributed by atoms with Crippen molar-refractivity contribution < 1.29 is 51.4 Å². The Hall–Kier alpha value is -3.03. The summed E-state index contributed by atoms with van der Waals surface area (Å²) in [5.74, 6) is -1.12. The lowest BCUT2D eigenvalue weighted by Gasteiger charge is -2.41. The molecule has 314 valence electrons. The minimum Gasteiger partial charge on any atom is -0.474 e. The van der Waals surface area contributed by atoms with Crippen LogP contribution in [0.3, 0.4) is 0 Å². The molecule has 5 rings (SSSR count). The zero-order chi connectivity index (χ0) is 41.7. The van der Waals surface area contributed by atoms with Gasteiger partial charge in [0.25, 0.3) is 5.56 Å². The molecule has 2 aliphatic rings. The summed E-state index contributed by atoms with van der Waals surface area (Å²) in [7, 11) is -6.01. The van der Waals surface area contributed by atoms with Crippen LogP contribution in [0.1, 0.15) is 60.1 Å². The van der Waals surface area contributed by atoms with Crippen molar-refractivity contribution in [1.29, 1.82) is 5.26 Å². The van der Waals surface area contributed by atoms with Gasteiger partial charge in [-0.25, -0.2) is 15.0 Å². The SMILES string of the molecule is CC(C)C(=O)Nc1nc2c(ncn2[C@@H]2O[C@H](CO)C(O[Si](C)(C)C(C)(C)C)[C@H]2OP(=S)(OCCC#N)OC[C@H]2C[C@@H](Oc3ccncn3)C[C@@H]2O[PH](=O)O)c(=O)[nH]1. The van der Waals surface area contributed by atoms with Gasteiger partial charge < -0.3 is 37.5 Å². The van der Waals surface area contributed by atoms with Crippen LogP contribution >= 0.6 is 15.0 Å². The fourth-order valence-electron chi connectivity index (χ4n) is 6.02. The van der Waals surface area contributed by atoms with Crippen molar-refractivity contribution in [3.63, 3.8) is 0 Å². The lowest BCUT2D eigenvalue weighted by Crippen LogP contribution is -2.50. The van der Waals surface area contributed by atoms with E-state index in [1.165, 1.54) is 23.4 Å². The molecule has 2 fully saturated rings.